The van der Waals surface area contributed by atoms with Gasteiger partial charge in [0.1, 0.15) is 5.82 Å². The van der Waals surface area contributed by atoms with Crippen LogP contribution in [0.2, 0.25) is 5.02 Å². The molecule has 0 atom stereocenters. The van der Waals surface area contributed by atoms with Crippen molar-refractivity contribution < 1.29 is 18.7 Å². The number of carbonyl (C=O) groups is 2. The Bertz CT molecular complexity index is 1130. The summed E-state index contributed by atoms with van der Waals surface area (Å²) in [5.41, 5.74) is 1.25. The van der Waals surface area contributed by atoms with Crippen molar-refractivity contribution in [3.8, 4) is 5.88 Å². The van der Waals surface area contributed by atoms with E-state index in [2.05, 4.69) is 20.7 Å². The zero-order valence-electron chi connectivity index (χ0n) is 16.8. The molecule has 1 saturated carbocycles. The molecule has 0 aliphatic heterocycles. The van der Waals surface area contributed by atoms with Gasteiger partial charge in [-0.3, -0.25) is 9.59 Å². The van der Waals surface area contributed by atoms with Crippen LogP contribution in [0.15, 0.2) is 36.5 Å². The molecule has 4 rings (SSSR count). The Kier molecular flexibility index (Phi) is 6.03. The Morgan fingerprint density at radius 2 is 1.97 bits per heavy atom. The Morgan fingerprint density at radius 1 is 1.19 bits per heavy atom. The van der Waals surface area contributed by atoms with Crippen LogP contribution in [-0.4, -0.2) is 39.6 Å². The minimum atomic E-state index is -0.459. The highest BCUT2D eigenvalue weighted by molar-refractivity contribution is 6.33. The number of carbonyl (C=O) groups excluding carboxylic acids is 2. The summed E-state index contributed by atoms with van der Waals surface area (Å²) in [6.45, 7) is 0. The van der Waals surface area contributed by atoms with Crippen LogP contribution in [0.3, 0.4) is 0 Å². The molecule has 1 aliphatic carbocycles. The van der Waals surface area contributed by atoms with Gasteiger partial charge in [-0.25, -0.2) is 13.9 Å². The molecule has 1 fully saturated rings. The van der Waals surface area contributed by atoms with E-state index in [9.17, 15) is 14.0 Å². The molecular formula is C21H21ClFN5O3. The molecule has 10 heteroatoms. The number of anilines is 1. The second kappa shape index (κ2) is 8.89. The molecule has 0 unspecified atom stereocenters. The van der Waals surface area contributed by atoms with Crippen LogP contribution >= 0.6 is 11.6 Å². The van der Waals surface area contributed by atoms with Crippen LogP contribution in [0.4, 0.5) is 10.1 Å². The molecule has 162 valence electrons. The fraction of sp³-hybridized carbons (Fsp3) is 0.333. The molecule has 1 aromatic carbocycles. The van der Waals surface area contributed by atoms with Gasteiger partial charge in [0.2, 0.25) is 11.8 Å². The van der Waals surface area contributed by atoms with Gasteiger partial charge in [-0.15, -0.1) is 5.10 Å². The largest absolute Gasteiger partial charge is 0.480 e. The molecule has 0 bridgehead atoms. The van der Waals surface area contributed by atoms with Crippen molar-refractivity contribution >= 4 is 34.7 Å². The zero-order valence-corrected chi connectivity index (χ0v) is 17.5. The summed E-state index contributed by atoms with van der Waals surface area (Å²) in [5.74, 6) is -0.710. The summed E-state index contributed by atoms with van der Waals surface area (Å²) in [6.07, 6.45) is 4.04. The van der Waals surface area contributed by atoms with E-state index < -0.39 is 5.82 Å². The maximum Gasteiger partial charge on any atom is 0.271 e. The summed E-state index contributed by atoms with van der Waals surface area (Å²) in [6, 6.07) is 7.20. The van der Waals surface area contributed by atoms with Crippen LogP contribution in [0.5, 0.6) is 5.88 Å². The molecule has 0 spiro atoms. The van der Waals surface area contributed by atoms with Crippen LogP contribution in [0, 0.1) is 11.7 Å². The van der Waals surface area contributed by atoms with E-state index in [0.717, 1.165) is 6.07 Å². The van der Waals surface area contributed by atoms with Crippen molar-refractivity contribution in [2.24, 2.45) is 5.92 Å². The highest BCUT2D eigenvalue weighted by atomic mass is 35.5. The minimum absolute atomic E-state index is 0.0536. The van der Waals surface area contributed by atoms with E-state index in [1.54, 1.807) is 12.1 Å². The highest BCUT2D eigenvalue weighted by Crippen LogP contribution is 2.28. The Balaban J connectivity index is 1.34. The summed E-state index contributed by atoms with van der Waals surface area (Å²) >= 11 is 5.98. The first kappa shape index (κ1) is 21.0. The molecule has 2 aromatic heterocycles. The SMILES string of the molecule is COc1ccc2ncc(C(=O)NC3CCC(C(=O)Nc4ccc(F)cc4Cl)CC3)n2n1. The number of hydrogen-bond acceptors (Lipinski definition) is 5. The minimum Gasteiger partial charge on any atom is -0.480 e. The Labute approximate surface area is 182 Å². The van der Waals surface area contributed by atoms with Crippen molar-refractivity contribution in [1.82, 2.24) is 19.9 Å². The molecule has 31 heavy (non-hydrogen) atoms. The monoisotopic (exact) mass is 445 g/mol. The van der Waals surface area contributed by atoms with E-state index in [1.165, 1.54) is 30.0 Å². The third-order valence-electron chi connectivity index (χ3n) is 5.40. The van der Waals surface area contributed by atoms with E-state index in [-0.39, 0.29) is 28.8 Å². The first-order chi connectivity index (χ1) is 14.9. The summed E-state index contributed by atoms with van der Waals surface area (Å²) in [5, 5.41) is 10.2. The average Bonchev–Trinajstić information content (AvgIpc) is 3.19. The van der Waals surface area contributed by atoms with Gasteiger partial charge in [0.05, 0.1) is 24.0 Å². The van der Waals surface area contributed by atoms with Crippen LogP contribution in [0.1, 0.15) is 36.2 Å². The van der Waals surface area contributed by atoms with Crippen molar-refractivity contribution in [3.05, 3.63) is 53.1 Å². The number of amides is 2. The van der Waals surface area contributed by atoms with Gasteiger partial charge in [0.15, 0.2) is 11.3 Å². The second-order valence-corrected chi connectivity index (χ2v) is 7.83. The highest BCUT2D eigenvalue weighted by Gasteiger charge is 2.28. The van der Waals surface area contributed by atoms with Gasteiger partial charge in [0, 0.05) is 18.0 Å². The quantitative estimate of drug-likeness (QED) is 0.626. The first-order valence-electron chi connectivity index (χ1n) is 9.90. The molecule has 2 heterocycles. The predicted octanol–water partition coefficient (Wildman–Crippen LogP) is 3.46. The molecule has 2 N–H and O–H groups in total. The number of halogens is 2. The lowest BCUT2D eigenvalue weighted by molar-refractivity contribution is -0.120. The molecule has 3 aromatic rings. The Hall–Kier alpha value is -3.20. The normalized spacial score (nSPS) is 18.5. The van der Waals surface area contributed by atoms with E-state index in [4.69, 9.17) is 16.3 Å². The maximum atomic E-state index is 13.2. The van der Waals surface area contributed by atoms with Crippen molar-refractivity contribution in [3.63, 3.8) is 0 Å². The fourth-order valence-corrected chi connectivity index (χ4v) is 3.92. The third-order valence-corrected chi connectivity index (χ3v) is 5.71. The molecule has 8 nitrogen and oxygen atoms in total. The molecule has 1 aliphatic rings. The molecule has 0 saturated heterocycles. The summed E-state index contributed by atoms with van der Waals surface area (Å²) in [7, 11) is 1.50. The number of imidazole rings is 1. The van der Waals surface area contributed by atoms with Gasteiger partial charge in [-0.1, -0.05) is 11.6 Å². The van der Waals surface area contributed by atoms with Crippen molar-refractivity contribution in [2.75, 3.05) is 12.4 Å². The number of aromatic nitrogens is 3. The van der Waals surface area contributed by atoms with Crippen LogP contribution in [-0.2, 0) is 4.79 Å². The smallest absolute Gasteiger partial charge is 0.271 e. The standard InChI is InChI=1S/C21H21ClFN5O3/c1-31-19-9-8-18-24-11-17(28(18)27-19)21(30)25-14-5-2-12(3-6-14)20(29)26-16-7-4-13(23)10-15(16)22/h4,7-12,14H,2-3,5-6H2,1H3,(H,25,30)(H,26,29). The number of ether oxygens (including phenoxy) is 1. The summed E-state index contributed by atoms with van der Waals surface area (Å²) < 4.78 is 19.7. The van der Waals surface area contributed by atoms with E-state index in [0.29, 0.717) is 48.6 Å². The fourth-order valence-electron chi connectivity index (χ4n) is 3.71. The van der Waals surface area contributed by atoms with Crippen LogP contribution < -0.4 is 15.4 Å². The van der Waals surface area contributed by atoms with Crippen molar-refractivity contribution in [1.29, 1.82) is 0 Å². The lowest BCUT2D eigenvalue weighted by atomic mass is 9.85. The zero-order chi connectivity index (χ0) is 22.0. The van der Waals surface area contributed by atoms with Gasteiger partial charge < -0.3 is 15.4 Å². The average molecular weight is 446 g/mol. The van der Waals surface area contributed by atoms with Gasteiger partial charge in [0.25, 0.3) is 5.91 Å². The topological polar surface area (TPSA) is 97.6 Å². The lowest BCUT2D eigenvalue weighted by Gasteiger charge is -2.28. The molecule has 0 radical (unpaired) electrons. The lowest BCUT2D eigenvalue weighted by Crippen LogP contribution is -2.40. The predicted molar refractivity (Wildman–Crippen MR) is 113 cm³/mol. The number of hydrogen-bond donors (Lipinski definition) is 2. The van der Waals surface area contributed by atoms with Crippen molar-refractivity contribution in [2.45, 2.75) is 31.7 Å². The number of rotatable bonds is 5. The second-order valence-electron chi connectivity index (χ2n) is 7.42. The van der Waals surface area contributed by atoms with E-state index in [1.807, 2.05) is 0 Å². The number of nitrogens with one attached hydrogen (secondary N) is 2. The number of fused-ring (bicyclic) bond motifs is 1. The summed E-state index contributed by atoms with van der Waals surface area (Å²) in [4.78, 5) is 29.5. The maximum absolute atomic E-state index is 13.2. The third kappa shape index (κ3) is 4.61. The number of methoxy groups -OCH3 is 1. The number of benzene rings is 1. The molecule has 2 amide bonds. The van der Waals surface area contributed by atoms with Gasteiger partial charge in [-0.2, -0.15) is 0 Å². The Morgan fingerprint density at radius 3 is 2.68 bits per heavy atom. The first-order valence-corrected chi connectivity index (χ1v) is 10.3. The number of nitrogens with zero attached hydrogens (tertiary/aromatic N) is 3. The van der Waals surface area contributed by atoms with E-state index >= 15 is 0 Å². The van der Waals surface area contributed by atoms with Gasteiger partial charge in [-0.05, 0) is 49.9 Å². The van der Waals surface area contributed by atoms with Gasteiger partial charge >= 0.3 is 0 Å². The van der Waals surface area contributed by atoms with Crippen LogP contribution in [0.25, 0.3) is 5.65 Å². The molecular weight excluding hydrogens is 425 g/mol.